The molecule has 3 aromatic rings. The quantitative estimate of drug-likeness (QED) is 0.463. The number of pyridine rings is 1. The van der Waals surface area contributed by atoms with Crippen molar-refractivity contribution in [3.63, 3.8) is 0 Å². The third-order valence-electron chi connectivity index (χ3n) is 5.77. The Kier molecular flexibility index (Phi) is 5.21. The second-order valence-corrected chi connectivity index (χ2v) is 7.61. The van der Waals surface area contributed by atoms with E-state index in [4.69, 9.17) is 9.72 Å². The van der Waals surface area contributed by atoms with Crippen LogP contribution in [0.25, 0.3) is 10.9 Å². The number of hydrogen-bond acceptors (Lipinski definition) is 9. The molecule has 31 heavy (non-hydrogen) atoms. The summed E-state index contributed by atoms with van der Waals surface area (Å²) >= 11 is 0. The van der Waals surface area contributed by atoms with E-state index in [2.05, 4.69) is 30.7 Å². The molecule has 0 radical (unpaired) electrons. The molecule has 0 N–H and O–H groups in total. The number of aromatic nitrogens is 3. The molecule has 0 spiro atoms. The molecule has 10 heteroatoms. The van der Waals surface area contributed by atoms with Gasteiger partial charge in [0.25, 0.3) is 5.69 Å². The average molecular weight is 421 g/mol. The number of nitro groups is 1. The first-order valence-electron chi connectivity index (χ1n) is 10.4. The summed E-state index contributed by atoms with van der Waals surface area (Å²) < 4.78 is 5.43. The first-order chi connectivity index (χ1) is 15.2. The van der Waals surface area contributed by atoms with Gasteiger partial charge in [0.15, 0.2) is 0 Å². The van der Waals surface area contributed by atoms with E-state index >= 15 is 0 Å². The second-order valence-electron chi connectivity index (χ2n) is 7.61. The van der Waals surface area contributed by atoms with Gasteiger partial charge >= 0.3 is 0 Å². The number of nitro benzene ring substituents is 1. The van der Waals surface area contributed by atoms with Gasteiger partial charge in [-0.15, -0.1) is 0 Å². The number of non-ortho nitro benzene ring substituents is 1. The molecular weight excluding hydrogens is 398 g/mol. The zero-order chi connectivity index (χ0) is 21.2. The van der Waals surface area contributed by atoms with Crippen LogP contribution in [-0.4, -0.2) is 72.4 Å². The van der Waals surface area contributed by atoms with Crippen LogP contribution in [-0.2, 0) is 4.74 Å². The molecule has 0 saturated carbocycles. The van der Waals surface area contributed by atoms with Crippen molar-refractivity contribution in [2.24, 2.45) is 0 Å². The van der Waals surface area contributed by atoms with Crippen molar-refractivity contribution in [3.8, 4) is 0 Å². The van der Waals surface area contributed by atoms with E-state index in [-0.39, 0.29) is 10.6 Å². The van der Waals surface area contributed by atoms with Gasteiger partial charge in [0.2, 0.25) is 0 Å². The first kappa shape index (κ1) is 19.4. The number of piperazine rings is 1. The monoisotopic (exact) mass is 421 g/mol. The molecule has 1 aromatic carbocycles. The average Bonchev–Trinajstić information content (AvgIpc) is 2.84. The molecule has 2 aliphatic heterocycles. The van der Waals surface area contributed by atoms with Gasteiger partial charge in [-0.05, 0) is 18.2 Å². The second kappa shape index (κ2) is 8.31. The smallest absolute Gasteiger partial charge is 0.270 e. The molecule has 0 bridgehead atoms. The Balaban J connectivity index is 1.27. The molecule has 2 saturated heterocycles. The molecule has 0 unspecified atom stereocenters. The summed E-state index contributed by atoms with van der Waals surface area (Å²) in [5.41, 5.74) is 0.841. The number of fused-ring (bicyclic) bond motifs is 1. The lowest BCUT2D eigenvalue weighted by Crippen LogP contribution is -2.47. The Labute approximate surface area is 179 Å². The minimum atomic E-state index is -0.385. The number of rotatable bonds is 4. The van der Waals surface area contributed by atoms with Gasteiger partial charge in [-0.25, -0.2) is 15.0 Å². The molecule has 2 fully saturated rings. The maximum Gasteiger partial charge on any atom is 0.270 e. The van der Waals surface area contributed by atoms with Crippen molar-refractivity contribution >= 4 is 34.0 Å². The van der Waals surface area contributed by atoms with Crippen molar-refractivity contribution in [2.45, 2.75) is 0 Å². The Morgan fingerprint density at radius 2 is 1.45 bits per heavy atom. The van der Waals surface area contributed by atoms with Crippen LogP contribution in [0.2, 0.25) is 0 Å². The topological polar surface area (TPSA) is 101 Å². The first-order valence-corrected chi connectivity index (χ1v) is 10.4. The summed E-state index contributed by atoms with van der Waals surface area (Å²) in [6, 6.07) is 10.7. The standard InChI is InChI=1S/C21H23N7O3/c29-28(30)17-2-3-18-16(13-17)1-4-19(24-18)25-5-7-26(8-6-25)20-14-21(23-15-22-20)27-9-11-31-12-10-27/h1-4,13-15H,5-12H2. The normalized spacial score (nSPS) is 17.2. The number of benzene rings is 1. The highest BCUT2D eigenvalue weighted by atomic mass is 16.6. The molecular formula is C21H23N7O3. The lowest BCUT2D eigenvalue weighted by atomic mass is 10.2. The fourth-order valence-corrected chi connectivity index (χ4v) is 4.03. The van der Waals surface area contributed by atoms with Crippen LogP contribution in [0.15, 0.2) is 42.7 Å². The zero-order valence-corrected chi connectivity index (χ0v) is 17.1. The third kappa shape index (κ3) is 4.06. The van der Waals surface area contributed by atoms with Crippen LogP contribution in [0.5, 0.6) is 0 Å². The molecule has 0 amide bonds. The molecule has 0 aliphatic carbocycles. The van der Waals surface area contributed by atoms with Gasteiger partial charge in [-0.3, -0.25) is 10.1 Å². The summed E-state index contributed by atoms with van der Waals surface area (Å²) in [6.45, 7) is 6.46. The van der Waals surface area contributed by atoms with Crippen molar-refractivity contribution in [1.29, 1.82) is 0 Å². The Hall–Kier alpha value is -3.53. The van der Waals surface area contributed by atoms with Gasteiger partial charge in [-0.2, -0.15) is 0 Å². The van der Waals surface area contributed by atoms with E-state index < -0.39 is 0 Å². The van der Waals surface area contributed by atoms with Crippen LogP contribution < -0.4 is 14.7 Å². The number of ether oxygens (including phenoxy) is 1. The summed E-state index contributed by atoms with van der Waals surface area (Å²) in [7, 11) is 0. The zero-order valence-electron chi connectivity index (χ0n) is 17.1. The van der Waals surface area contributed by atoms with Gasteiger partial charge in [0.05, 0.1) is 23.7 Å². The number of nitrogens with zero attached hydrogens (tertiary/aromatic N) is 7. The van der Waals surface area contributed by atoms with Gasteiger partial charge in [0.1, 0.15) is 23.8 Å². The van der Waals surface area contributed by atoms with E-state index in [1.54, 1.807) is 18.5 Å². The SMILES string of the molecule is O=[N+]([O-])c1ccc2nc(N3CCN(c4cc(N5CCOCC5)ncn4)CC3)ccc2c1. The lowest BCUT2D eigenvalue weighted by molar-refractivity contribution is -0.384. The van der Waals surface area contributed by atoms with Crippen molar-refractivity contribution in [3.05, 3.63) is 52.8 Å². The fraction of sp³-hybridized carbons (Fsp3) is 0.381. The summed E-state index contributed by atoms with van der Waals surface area (Å²) in [4.78, 5) is 31.0. The third-order valence-corrected chi connectivity index (χ3v) is 5.77. The van der Waals surface area contributed by atoms with Crippen molar-refractivity contribution in [1.82, 2.24) is 15.0 Å². The Bertz CT molecular complexity index is 1100. The summed E-state index contributed by atoms with van der Waals surface area (Å²) in [5, 5.41) is 11.7. The largest absolute Gasteiger partial charge is 0.378 e. The van der Waals surface area contributed by atoms with E-state index in [1.165, 1.54) is 6.07 Å². The highest BCUT2D eigenvalue weighted by Crippen LogP contribution is 2.25. The van der Waals surface area contributed by atoms with E-state index in [9.17, 15) is 10.1 Å². The molecule has 5 rings (SSSR count). The number of hydrogen-bond donors (Lipinski definition) is 0. The fourth-order valence-electron chi connectivity index (χ4n) is 4.03. The highest BCUT2D eigenvalue weighted by molar-refractivity contribution is 5.82. The molecule has 0 atom stereocenters. The van der Waals surface area contributed by atoms with Crippen LogP contribution in [0, 0.1) is 10.1 Å². The van der Waals surface area contributed by atoms with Gasteiger partial charge in [0, 0.05) is 62.9 Å². The van der Waals surface area contributed by atoms with Crippen molar-refractivity contribution < 1.29 is 9.66 Å². The molecule has 4 heterocycles. The summed E-state index contributed by atoms with van der Waals surface area (Å²) in [5.74, 6) is 2.77. The Morgan fingerprint density at radius 1 is 0.806 bits per heavy atom. The molecule has 2 aromatic heterocycles. The van der Waals surface area contributed by atoms with E-state index in [0.29, 0.717) is 0 Å². The number of anilines is 3. The number of morpholine rings is 1. The Morgan fingerprint density at radius 3 is 2.13 bits per heavy atom. The summed E-state index contributed by atoms with van der Waals surface area (Å²) in [6.07, 6.45) is 1.64. The minimum Gasteiger partial charge on any atom is -0.378 e. The predicted molar refractivity (Wildman–Crippen MR) is 118 cm³/mol. The van der Waals surface area contributed by atoms with Crippen LogP contribution in [0.1, 0.15) is 0 Å². The highest BCUT2D eigenvalue weighted by Gasteiger charge is 2.21. The van der Waals surface area contributed by atoms with Crippen LogP contribution in [0.4, 0.5) is 23.1 Å². The minimum absolute atomic E-state index is 0.0805. The van der Waals surface area contributed by atoms with Gasteiger partial charge < -0.3 is 19.4 Å². The van der Waals surface area contributed by atoms with Crippen molar-refractivity contribution in [2.75, 3.05) is 67.2 Å². The maximum atomic E-state index is 11.0. The van der Waals surface area contributed by atoms with E-state index in [0.717, 1.165) is 80.8 Å². The van der Waals surface area contributed by atoms with Gasteiger partial charge in [-0.1, -0.05) is 0 Å². The predicted octanol–water partition coefficient (Wildman–Crippen LogP) is 2.10. The molecule has 2 aliphatic rings. The molecule has 10 nitrogen and oxygen atoms in total. The molecule has 160 valence electrons. The lowest BCUT2D eigenvalue weighted by Gasteiger charge is -2.36. The van der Waals surface area contributed by atoms with E-state index in [1.807, 2.05) is 12.1 Å². The van der Waals surface area contributed by atoms with Crippen LogP contribution in [0.3, 0.4) is 0 Å². The maximum absolute atomic E-state index is 11.0. The van der Waals surface area contributed by atoms with Crippen LogP contribution >= 0.6 is 0 Å².